The predicted octanol–water partition coefficient (Wildman–Crippen LogP) is 5.04. The van der Waals surface area contributed by atoms with Gasteiger partial charge in [0, 0.05) is 7.11 Å². The minimum Gasteiger partial charge on any atom is -0.381 e. The number of ether oxygens (including phenoxy) is 1. The van der Waals surface area contributed by atoms with E-state index in [0.29, 0.717) is 6.10 Å². The summed E-state index contributed by atoms with van der Waals surface area (Å²) < 4.78 is 5.66. The number of hydrogen-bond acceptors (Lipinski definition) is 1. The molecule has 0 heterocycles. The monoisotopic (exact) mass is 276 g/mol. The second kappa shape index (κ2) is 5.00. The van der Waals surface area contributed by atoms with Gasteiger partial charge in [0.25, 0.3) is 0 Å². The Bertz CT molecular complexity index is 365. The predicted molar refractivity (Wildman–Crippen MR) is 82.5 cm³/mol. The molecule has 1 unspecified atom stereocenters. The molecule has 0 aromatic rings. The summed E-state index contributed by atoms with van der Waals surface area (Å²) in [6, 6.07) is 0. The molecule has 1 nitrogen and oxygen atoms in total. The molecule has 0 aromatic heterocycles. The maximum absolute atomic E-state index is 5.66. The summed E-state index contributed by atoms with van der Waals surface area (Å²) in [6.45, 7) is 2.62. The quantitative estimate of drug-likeness (QED) is 0.651. The first-order valence-corrected chi connectivity index (χ1v) is 9.24. The molecule has 4 rings (SSSR count). The first-order chi connectivity index (χ1) is 9.71. The molecule has 7 atom stereocenters. The summed E-state index contributed by atoms with van der Waals surface area (Å²) in [7, 11) is 1.92. The van der Waals surface area contributed by atoms with Crippen molar-refractivity contribution in [3.8, 4) is 0 Å². The van der Waals surface area contributed by atoms with Gasteiger partial charge in [0.2, 0.25) is 0 Å². The van der Waals surface area contributed by atoms with Crippen molar-refractivity contribution in [2.24, 2.45) is 35.0 Å². The highest BCUT2D eigenvalue weighted by Gasteiger charge is 2.53. The smallest absolute Gasteiger partial charge is 0.0574 e. The molecule has 0 radical (unpaired) electrons. The van der Waals surface area contributed by atoms with Gasteiger partial charge in [-0.25, -0.2) is 0 Å². The zero-order valence-electron chi connectivity index (χ0n) is 13.4. The Balaban J connectivity index is 1.52. The first-order valence-electron chi connectivity index (χ1n) is 9.24. The molecule has 0 aromatic carbocycles. The van der Waals surface area contributed by atoms with E-state index in [0.717, 1.165) is 35.0 Å². The normalized spacial score (nSPS) is 54.9. The van der Waals surface area contributed by atoms with Crippen LogP contribution >= 0.6 is 0 Å². The largest absolute Gasteiger partial charge is 0.381 e. The van der Waals surface area contributed by atoms with Crippen LogP contribution in [0.4, 0.5) is 0 Å². The van der Waals surface area contributed by atoms with Crippen molar-refractivity contribution in [1.29, 1.82) is 0 Å². The third-order valence-electron chi connectivity index (χ3n) is 8.02. The highest BCUT2D eigenvalue weighted by atomic mass is 16.5. The molecule has 1 heteroatoms. The van der Waals surface area contributed by atoms with Crippen LogP contribution in [-0.4, -0.2) is 13.2 Å². The van der Waals surface area contributed by atoms with Gasteiger partial charge in [0.05, 0.1) is 6.10 Å². The summed E-state index contributed by atoms with van der Waals surface area (Å²) in [4.78, 5) is 0. The Morgan fingerprint density at radius 1 is 0.850 bits per heavy atom. The molecule has 4 aliphatic carbocycles. The Kier molecular flexibility index (Phi) is 3.41. The van der Waals surface area contributed by atoms with Gasteiger partial charge in [-0.1, -0.05) is 13.3 Å². The van der Waals surface area contributed by atoms with Crippen LogP contribution in [0.1, 0.15) is 71.1 Å². The van der Waals surface area contributed by atoms with E-state index in [9.17, 15) is 0 Å². The molecule has 4 aliphatic rings. The molecular formula is C19H32O. The summed E-state index contributed by atoms with van der Waals surface area (Å²) in [5, 5.41) is 0. The van der Waals surface area contributed by atoms with Gasteiger partial charge in [-0.2, -0.15) is 0 Å². The molecule has 0 N–H and O–H groups in total. The summed E-state index contributed by atoms with van der Waals surface area (Å²) in [6.07, 6.45) is 15.5. The molecule has 0 spiro atoms. The molecule has 114 valence electrons. The molecular weight excluding hydrogens is 244 g/mol. The zero-order chi connectivity index (χ0) is 13.7. The van der Waals surface area contributed by atoms with Crippen molar-refractivity contribution in [3.63, 3.8) is 0 Å². The van der Waals surface area contributed by atoms with Crippen LogP contribution in [0.3, 0.4) is 0 Å². The standard InChI is InChI=1S/C19H32O/c1-19-10-3-4-18(19)17-7-5-13-12-14(20-2)6-8-15(13)16(17)9-11-19/h13-18H,3-12H2,1-2H3/t13-,14?,15+,16-,17-,18+,19+/m1/s1. The molecule has 0 saturated heterocycles. The minimum atomic E-state index is 0.577. The summed E-state index contributed by atoms with van der Waals surface area (Å²) >= 11 is 0. The van der Waals surface area contributed by atoms with Gasteiger partial charge in [-0.3, -0.25) is 0 Å². The van der Waals surface area contributed by atoms with Crippen LogP contribution in [0, 0.1) is 35.0 Å². The Morgan fingerprint density at radius 2 is 1.70 bits per heavy atom. The van der Waals surface area contributed by atoms with E-state index in [4.69, 9.17) is 4.74 Å². The van der Waals surface area contributed by atoms with Crippen molar-refractivity contribution in [2.45, 2.75) is 77.2 Å². The van der Waals surface area contributed by atoms with E-state index < -0.39 is 0 Å². The van der Waals surface area contributed by atoms with E-state index in [2.05, 4.69) is 6.92 Å². The van der Waals surface area contributed by atoms with E-state index in [1.54, 1.807) is 19.3 Å². The van der Waals surface area contributed by atoms with Crippen LogP contribution in [0.2, 0.25) is 0 Å². The Hall–Kier alpha value is -0.0400. The third kappa shape index (κ3) is 1.99. The second-order valence-corrected chi connectivity index (χ2v) is 8.69. The van der Waals surface area contributed by atoms with Gasteiger partial charge in [-0.15, -0.1) is 0 Å². The molecule has 0 amide bonds. The van der Waals surface area contributed by atoms with Gasteiger partial charge in [0.15, 0.2) is 0 Å². The van der Waals surface area contributed by atoms with Crippen LogP contribution in [-0.2, 0) is 4.74 Å². The lowest BCUT2D eigenvalue weighted by molar-refractivity contribution is -0.0737. The molecule has 4 saturated carbocycles. The lowest BCUT2D eigenvalue weighted by atomic mass is 9.50. The third-order valence-corrected chi connectivity index (χ3v) is 8.02. The maximum Gasteiger partial charge on any atom is 0.0574 e. The van der Waals surface area contributed by atoms with Crippen molar-refractivity contribution in [3.05, 3.63) is 0 Å². The molecule has 4 fully saturated rings. The summed E-state index contributed by atoms with van der Waals surface area (Å²) in [5.74, 6) is 5.33. The molecule has 0 aliphatic heterocycles. The fraction of sp³-hybridized carbons (Fsp3) is 1.00. The van der Waals surface area contributed by atoms with Crippen molar-refractivity contribution < 1.29 is 4.74 Å². The lowest BCUT2D eigenvalue weighted by Crippen LogP contribution is -2.47. The Labute approximate surface area is 124 Å². The average molecular weight is 276 g/mol. The van der Waals surface area contributed by atoms with Crippen LogP contribution in [0.25, 0.3) is 0 Å². The first kappa shape index (κ1) is 13.6. The maximum atomic E-state index is 5.66. The lowest BCUT2D eigenvalue weighted by Gasteiger charge is -2.55. The SMILES string of the molecule is COC1CC[C@H]2[C@H](CC[C@@H]3[C@@H]2CC[C@]2(C)CCC[C@@H]32)C1. The topological polar surface area (TPSA) is 9.23 Å². The molecule has 0 bridgehead atoms. The average Bonchev–Trinajstić information content (AvgIpc) is 2.88. The van der Waals surface area contributed by atoms with Gasteiger partial charge in [-0.05, 0) is 92.8 Å². The minimum absolute atomic E-state index is 0.577. The molecule has 20 heavy (non-hydrogen) atoms. The Morgan fingerprint density at radius 3 is 2.55 bits per heavy atom. The zero-order valence-corrected chi connectivity index (χ0v) is 13.4. The van der Waals surface area contributed by atoms with Gasteiger partial charge >= 0.3 is 0 Å². The van der Waals surface area contributed by atoms with Gasteiger partial charge < -0.3 is 4.74 Å². The van der Waals surface area contributed by atoms with Crippen LogP contribution in [0.15, 0.2) is 0 Å². The van der Waals surface area contributed by atoms with Crippen molar-refractivity contribution in [1.82, 2.24) is 0 Å². The highest BCUT2D eigenvalue weighted by Crippen LogP contribution is 2.62. The fourth-order valence-electron chi connectivity index (χ4n) is 7.02. The number of methoxy groups -OCH3 is 1. The van der Waals surface area contributed by atoms with E-state index in [1.165, 1.54) is 44.9 Å². The summed E-state index contributed by atoms with van der Waals surface area (Å²) in [5.41, 5.74) is 0.734. The van der Waals surface area contributed by atoms with E-state index in [1.807, 2.05) is 7.11 Å². The number of rotatable bonds is 1. The van der Waals surface area contributed by atoms with Gasteiger partial charge in [0.1, 0.15) is 0 Å². The van der Waals surface area contributed by atoms with E-state index >= 15 is 0 Å². The van der Waals surface area contributed by atoms with Crippen molar-refractivity contribution in [2.75, 3.05) is 7.11 Å². The second-order valence-electron chi connectivity index (χ2n) is 8.69. The fourth-order valence-corrected chi connectivity index (χ4v) is 7.02. The van der Waals surface area contributed by atoms with E-state index in [-0.39, 0.29) is 0 Å². The number of fused-ring (bicyclic) bond motifs is 5. The van der Waals surface area contributed by atoms with Crippen LogP contribution < -0.4 is 0 Å². The number of hydrogen-bond donors (Lipinski definition) is 0. The van der Waals surface area contributed by atoms with Crippen molar-refractivity contribution >= 4 is 0 Å². The highest BCUT2D eigenvalue weighted by molar-refractivity contribution is 5.03. The van der Waals surface area contributed by atoms with Crippen LogP contribution in [0.5, 0.6) is 0 Å².